The topological polar surface area (TPSA) is 84.2 Å². The zero-order valence-corrected chi connectivity index (χ0v) is 13.2. The standard InChI is InChI=1S/C19H15N3O3/c23-18-11-12-22(16-7-2-1-3-8-16)21-17(18)10-9-14-5-4-6-15(13-14)20-19(24)25/h1-13,20H,(H,24,25). The second kappa shape index (κ2) is 7.27. The number of para-hydroxylation sites is 1. The largest absolute Gasteiger partial charge is 0.465 e. The lowest BCUT2D eigenvalue weighted by atomic mass is 10.1. The molecule has 0 saturated heterocycles. The predicted molar refractivity (Wildman–Crippen MR) is 96.9 cm³/mol. The fraction of sp³-hybridized carbons (Fsp3) is 0. The first-order chi connectivity index (χ1) is 12.1. The molecule has 0 saturated carbocycles. The third-order valence-corrected chi connectivity index (χ3v) is 3.43. The molecule has 0 atom stereocenters. The molecule has 2 aromatic carbocycles. The van der Waals surface area contributed by atoms with Gasteiger partial charge in [-0.15, -0.1) is 0 Å². The summed E-state index contributed by atoms with van der Waals surface area (Å²) in [6, 6.07) is 17.8. The molecule has 0 spiro atoms. The number of hydrogen-bond acceptors (Lipinski definition) is 3. The molecule has 124 valence electrons. The molecule has 0 bridgehead atoms. The maximum absolute atomic E-state index is 12.0. The van der Waals surface area contributed by atoms with Crippen molar-refractivity contribution in [1.82, 2.24) is 9.78 Å². The van der Waals surface area contributed by atoms with Crippen LogP contribution in [0.2, 0.25) is 0 Å². The van der Waals surface area contributed by atoms with Crippen molar-refractivity contribution in [2.45, 2.75) is 0 Å². The molecule has 3 rings (SSSR count). The normalized spacial score (nSPS) is 10.7. The molecule has 3 aromatic rings. The number of rotatable bonds is 4. The number of nitrogens with one attached hydrogen (secondary N) is 1. The minimum Gasteiger partial charge on any atom is -0.465 e. The summed E-state index contributed by atoms with van der Waals surface area (Å²) in [6.45, 7) is 0. The molecule has 0 aliphatic heterocycles. The Kier molecular flexibility index (Phi) is 4.71. The maximum atomic E-state index is 12.0. The van der Waals surface area contributed by atoms with Crippen molar-refractivity contribution in [3.05, 3.63) is 88.3 Å². The van der Waals surface area contributed by atoms with E-state index in [2.05, 4.69) is 10.4 Å². The minimum absolute atomic E-state index is 0.191. The summed E-state index contributed by atoms with van der Waals surface area (Å²) < 4.78 is 1.63. The highest BCUT2D eigenvalue weighted by Gasteiger charge is 2.01. The summed E-state index contributed by atoms with van der Waals surface area (Å²) in [4.78, 5) is 22.7. The van der Waals surface area contributed by atoms with Gasteiger partial charge in [-0.25, -0.2) is 9.48 Å². The summed E-state index contributed by atoms with van der Waals surface area (Å²) in [5.74, 6) is 0. The number of carboxylic acid groups (broad SMARTS) is 1. The van der Waals surface area contributed by atoms with Crippen LogP contribution in [0.25, 0.3) is 17.8 Å². The van der Waals surface area contributed by atoms with Gasteiger partial charge < -0.3 is 5.11 Å². The first kappa shape index (κ1) is 16.2. The first-order valence-corrected chi connectivity index (χ1v) is 7.55. The van der Waals surface area contributed by atoms with Gasteiger partial charge in [-0.1, -0.05) is 36.4 Å². The number of benzene rings is 2. The monoisotopic (exact) mass is 333 g/mol. The highest BCUT2D eigenvalue weighted by atomic mass is 16.4. The number of carbonyl (C=O) groups is 1. The number of anilines is 1. The van der Waals surface area contributed by atoms with E-state index in [4.69, 9.17) is 5.11 Å². The van der Waals surface area contributed by atoms with E-state index in [-0.39, 0.29) is 5.43 Å². The molecule has 6 heteroatoms. The number of aromatic nitrogens is 2. The molecular weight excluding hydrogens is 318 g/mol. The van der Waals surface area contributed by atoms with E-state index in [0.717, 1.165) is 11.3 Å². The van der Waals surface area contributed by atoms with Gasteiger partial charge in [0.25, 0.3) is 0 Å². The molecule has 25 heavy (non-hydrogen) atoms. The van der Waals surface area contributed by atoms with Crippen LogP contribution in [0.4, 0.5) is 10.5 Å². The zero-order valence-electron chi connectivity index (χ0n) is 13.2. The summed E-state index contributed by atoms with van der Waals surface area (Å²) in [5, 5.41) is 15.4. The van der Waals surface area contributed by atoms with Gasteiger partial charge in [-0.2, -0.15) is 5.10 Å². The van der Waals surface area contributed by atoms with Crippen LogP contribution in [0.1, 0.15) is 11.3 Å². The molecule has 6 nitrogen and oxygen atoms in total. The van der Waals surface area contributed by atoms with E-state index in [1.165, 1.54) is 6.07 Å². The third kappa shape index (κ3) is 4.20. The van der Waals surface area contributed by atoms with Crippen LogP contribution in [0.15, 0.2) is 71.7 Å². The predicted octanol–water partition coefficient (Wildman–Crippen LogP) is 3.49. The molecule has 0 aliphatic carbocycles. The van der Waals surface area contributed by atoms with Crippen LogP contribution >= 0.6 is 0 Å². The summed E-state index contributed by atoms with van der Waals surface area (Å²) in [6.07, 6.45) is 3.82. The van der Waals surface area contributed by atoms with Crippen molar-refractivity contribution >= 4 is 23.9 Å². The lowest BCUT2D eigenvalue weighted by Gasteiger charge is -2.05. The molecule has 1 aromatic heterocycles. The Bertz CT molecular complexity index is 978. The second-order valence-corrected chi connectivity index (χ2v) is 5.23. The van der Waals surface area contributed by atoms with E-state index in [9.17, 15) is 9.59 Å². The molecule has 1 heterocycles. The Labute approximate surface area is 143 Å². The average Bonchev–Trinajstić information content (AvgIpc) is 2.61. The first-order valence-electron chi connectivity index (χ1n) is 7.55. The highest BCUT2D eigenvalue weighted by Crippen LogP contribution is 2.13. The summed E-state index contributed by atoms with van der Waals surface area (Å²) in [5.41, 5.74) is 2.16. The quantitative estimate of drug-likeness (QED) is 0.765. The van der Waals surface area contributed by atoms with Gasteiger partial charge in [0.1, 0.15) is 5.69 Å². The van der Waals surface area contributed by atoms with Crippen LogP contribution in [-0.2, 0) is 0 Å². The molecule has 0 unspecified atom stereocenters. The summed E-state index contributed by atoms with van der Waals surface area (Å²) >= 11 is 0. The van der Waals surface area contributed by atoms with Gasteiger partial charge >= 0.3 is 6.09 Å². The number of nitrogens with zero attached hydrogens (tertiary/aromatic N) is 2. The van der Waals surface area contributed by atoms with E-state index in [0.29, 0.717) is 11.4 Å². The van der Waals surface area contributed by atoms with Crippen LogP contribution in [0, 0.1) is 0 Å². The Hall–Kier alpha value is -3.67. The Morgan fingerprint density at radius 2 is 1.84 bits per heavy atom. The molecule has 2 N–H and O–H groups in total. The smallest absolute Gasteiger partial charge is 0.409 e. The van der Waals surface area contributed by atoms with E-state index in [1.807, 2.05) is 36.4 Å². The van der Waals surface area contributed by atoms with Crippen LogP contribution < -0.4 is 10.7 Å². The van der Waals surface area contributed by atoms with E-state index >= 15 is 0 Å². The highest BCUT2D eigenvalue weighted by molar-refractivity contribution is 5.83. The van der Waals surface area contributed by atoms with Gasteiger partial charge in [0.15, 0.2) is 0 Å². The van der Waals surface area contributed by atoms with Gasteiger partial charge in [-0.05, 0) is 35.9 Å². The summed E-state index contributed by atoms with van der Waals surface area (Å²) in [7, 11) is 0. The van der Waals surface area contributed by atoms with Crippen molar-refractivity contribution < 1.29 is 9.90 Å². The van der Waals surface area contributed by atoms with Crippen molar-refractivity contribution in [1.29, 1.82) is 0 Å². The molecule has 0 radical (unpaired) electrons. The SMILES string of the molecule is O=C(O)Nc1cccc(C=Cc2nn(-c3ccccc3)ccc2=O)c1. The second-order valence-electron chi connectivity index (χ2n) is 5.23. The number of amides is 1. The molecule has 1 amide bonds. The van der Waals surface area contributed by atoms with Crippen LogP contribution in [-0.4, -0.2) is 21.0 Å². The van der Waals surface area contributed by atoms with Crippen molar-refractivity contribution in [2.24, 2.45) is 0 Å². The molecular formula is C19H15N3O3. The Morgan fingerprint density at radius 1 is 1.04 bits per heavy atom. The Balaban J connectivity index is 1.89. The van der Waals surface area contributed by atoms with Crippen molar-refractivity contribution in [3.63, 3.8) is 0 Å². The van der Waals surface area contributed by atoms with E-state index < -0.39 is 6.09 Å². The zero-order chi connectivity index (χ0) is 17.6. The van der Waals surface area contributed by atoms with Gasteiger partial charge in [0, 0.05) is 18.0 Å². The van der Waals surface area contributed by atoms with E-state index in [1.54, 1.807) is 41.2 Å². The van der Waals surface area contributed by atoms with Crippen LogP contribution in [0.5, 0.6) is 0 Å². The lowest BCUT2D eigenvalue weighted by Crippen LogP contribution is -2.12. The fourth-order valence-electron chi connectivity index (χ4n) is 2.28. The average molecular weight is 333 g/mol. The lowest BCUT2D eigenvalue weighted by molar-refractivity contribution is 0.210. The number of hydrogen-bond donors (Lipinski definition) is 2. The maximum Gasteiger partial charge on any atom is 0.409 e. The molecule has 0 aliphatic rings. The van der Waals surface area contributed by atoms with Gasteiger partial charge in [0.05, 0.1) is 5.69 Å². The molecule has 0 fully saturated rings. The fourth-order valence-corrected chi connectivity index (χ4v) is 2.28. The minimum atomic E-state index is -1.13. The van der Waals surface area contributed by atoms with Crippen LogP contribution in [0.3, 0.4) is 0 Å². The van der Waals surface area contributed by atoms with Gasteiger partial charge in [0.2, 0.25) is 5.43 Å². The third-order valence-electron chi connectivity index (χ3n) is 3.43. The van der Waals surface area contributed by atoms with Crippen molar-refractivity contribution in [2.75, 3.05) is 5.32 Å². The Morgan fingerprint density at radius 3 is 2.60 bits per heavy atom. The van der Waals surface area contributed by atoms with Gasteiger partial charge in [-0.3, -0.25) is 10.1 Å². The van der Waals surface area contributed by atoms with Crippen molar-refractivity contribution in [3.8, 4) is 5.69 Å².